The summed E-state index contributed by atoms with van der Waals surface area (Å²) >= 11 is 0. The molecule has 0 unspecified atom stereocenters. The number of methoxy groups -OCH3 is 1. The maximum absolute atomic E-state index is 11.2. The van der Waals surface area contributed by atoms with Crippen molar-refractivity contribution >= 4 is 5.97 Å². The standard InChI is InChI=1S/C14H16N2O3/c1-9-13(14(17)18)10(2)16(15-9)8-11-6-4-5-7-12(11)19-3/h4-7H,8H2,1-3H3,(H,17,18). The van der Waals surface area contributed by atoms with Gasteiger partial charge in [-0.2, -0.15) is 5.10 Å². The van der Waals surface area contributed by atoms with E-state index in [2.05, 4.69) is 5.10 Å². The predicted octanol–water partition coefficient (Wildman–Crippen LogP) is 2.26. The van der Waals surface area contributed by atoms with E-state index in [1.165, 1.54) is 0 Å². The molecule has 0 aliphatic heterocycles. The van der Waals surface area contributed by atoms with Crippen LogP contribution >= 0.6 is 0 Å². The molecule has 0 bridgehead atoms. The topological polar surface area (TPSA) is 64.4 Å². The number of aromatic carboxylic acids is 1. The molecule has 5 nitrogen and oxygen atoms in total. The van der Waals surface area contributed by atoms with E-state index in [0.717, 1.165) is 11.3 Å². The third-order valence-corrected chi connectivity index (χ3v) is 3.11. The lowest BCUT2D eigenvalue weighted by Crippen LogP contribution is -2.06. The van der Waals surface area contributed by atoms with Crippen LogP contribution in [-0.4, -0.2) is 28.0 Å². The van der Waals surface area contributed by atoms with Gasteiger partial charge in [0.25, 0.3) is 0 Å². The molecule has 0 atom stereocenters. The number of carboxylic acid groups (broad SMARTS) is 1. The first-order chi connectivity index (χ1) is 9.04. The van der Waals surface area contributed by atoms with Gasteiger partial charge in [-0.1, -0.05) is 18.2 Å². The number of nitrogens with zero attached hydrogens (tertiary/aromatic N) is 2. The van der Waals surface area contributed by atoms with Gasteiger partial charge in [-0.25, -0.2) is 4.79 Å². The molecule has 1 heterocycles. The molecule has 2 rings (SSSR count). The number of aromatic nitrogens is 2. The average molecular weight is 260 g/mol. The fraction of sp³-hybridized carbons (Fsp3) is 0.286. The number of rotatable bonds is 4. The summed E-state index contributed by atoms with van der Waals surface area (Å²) in [5.41, 5.74) is 2.42. The molecule has 1 aromatic heterocycles. The molecule has 19 heavy (non-hydrogen) atoms. The van der Waals surface area contributed by atoms with E-state index in [0.29, 0.717) is 17.9 Å². The van der Waals surface area contributed by atoms with Gasteiger partial charge in [-0.05, 0) is 19.9 Å². The van der Waals surface area contributed by atoms with E-state index in [1.807, 2.05) is 24.3 Å². The van der Waals surface area contributed by atoms with E-state index in [1.54, 1.807) is 25.6 Å². The predicted molar refractivity (Wildman–Crippen MR) is 70.8 cm³/mol. The molecule has 0 saturated carbocycles. The lowest BCUT2D eigenvalue weighted by molar-refractivity contribution is 0.0695. The number of benzene rings is 1. The second-order valence-electron chi connectivity index (χ2n) is 4.32. The highest BCUT2D eigenvalue weighted by atomic mass is 16.5. The zero-order chi connectivity index (χ0) is 14.0. The second kappa shape index (κ2) is 5.14. The van der Waals surface area contributed by atoms with Crippen LogP contribution in [0, 0.1) is 13.8 Å². The van der Waals surface area contributed by atoms with E-state index < -0.39 is 5.97 Å². The van der Waals surface area contributed by atoms with E-state index in [-0.39, 0.29) is 5.56 Å². The van der Waals surface area contributed by atoms with Crippen molar-refractivity contribution in [2.24, 2.45) is 0 Å². The van der Waals surface area contributed by atoms with E-state index in [4.69, 9.17) is 9.84 Å². The van der Waals surface area contributed by atoms with Gasteiger partial charge in [0.05, 0.1) is 25.0 Å². The van der Waals surface area contributed by atoms with Crippen LogP contribution in [0.1, 0.15) is 27.3 Å². The molecule has 0 spiro atoms. The Morgan fingerprint density at radius 3 is 2.63 bits per heavy atom. The summed E-state index contributed by atoms with van der Waals surface area (Å²) in [7, 11) is 1.61. The second-order valence-corrected chi connectivity index (χ2v) is 4.32. The minimum absolute atomic E-state index is 0.273. The Bertz CT molecular complexity index is 617. The zero-order valence-electron chi connectivity index (χ0n) is 11.2. The van der Waals surface area contributed by atoms with Crippen LogP contribution in [0.25, 0.3) is 0 Å². The van der Waals surface area contributed by atoms with Crippen LogP contribution in [0.15, 0.2) is 24.3 Å². The third kappa shape index (κ3) is 2.45. The summed E-state index contributed by atoms with van der Waals surface area (Å²) in [6, 6.07) is 7.63. The Labute approximate surface area is 111 Å². The normalized spacial score (nSPS) is 10.5. The quantitative estimate of drug-likeness (QED) is 0.915. The molecule has 1 N–H and O–H groups in total. The van der Waals surface area contributed by atoms with Gasteiger partial charge in [0.15, 0.2) is 0 Å². The number of para-hydroxylation sites is 1. The summed E-state index contributed by atoms with van der Waals surface area (Å²) in [6.45, 7) is 3.96. The molecule has 0 aliphatic rings. The van der Waals surface area contributed by atoms with Crippen LogP contribution < -0.4 is 4.74 Å². The number of hydrogen-bond acceptors (Lipinski definition) is 3. The molecular formula is C14H16N2O3. The number of ether oxygens (including phenoxy) is 1. The zero-order valence-corrected chi connectivity index (χ0v) is 11.2. The summed E-state index contributed by atoms with van der Waals surface area (Å²) in [5, 5.41) is 13.4. The Kier molecular flexibility index (Phi) is 3.55. The van der Waals surface area contributed by atoms with Crippen LogP contribution in [0.4, 0.5) is 0 Å². The summed E-state index contributed by atoms with van der Waals surface area (Å²) in [4.78, 5) is 11.2. The van der Waals surface area contributed by atoms with Crippen molar-refractivity contribution in [3.63, 3.8) is 0 Å². The van der Waals surface area contributed by atoms with E-state index in [9.17, 15) is 4.79 Å². The number of carboxylic acids is 1. The summed E-state index contributed by atoms with van der Waals surface area (Å²) in [6.07, 6.45) is 0. The number of hydrogen-bond donors (Lipinski definition) is 1. The maximum atomic E-state index is 11.2. The first-order valence-electron chi connectivity index (χ1n) is 5.93. The van der Waals surface area contributed by atoms with Gasteiger partial charge >= 0.3 is 5.97 Å². The van der Waals surface area contributed by atoms with Gasteiger partial charge in [0.1, 0.15) is 11.3 Å². The molecule has 0 radical (unpaired) electrons. The lowest BCUT2D eigenvalue weighted by Gasteiger charge is -2.09. The first kappa shape index (κ1) is 13.1. The largest absolute Gasteiger partial charge is 0.496 e. The van der Waals surface area contributed by atoms with Crippen LogP contribution in [0.3, 0.4) is 0 Å². The summed E-state index contributed by atoms with van der Waals surface area (Å²) in [5.74, 6) is -0.173. The third-order valence-electron chi connectivity index (χ3n) is 3.11. The minimum Gasteiger partial charge on any atom is -0.496 e. The van der Waals surface area contributed by atoms with Gasteiger partial charge in [-0.3, -0.25) is 4.68 Å². The van der Waals surface area contributed by atoms with Gasteiger partial charge in [0.2, 0.25) is 0 Å². The van der Waals surface area contributed by atoms with Crippen molar-refractivity contribution < 1.29 is 14.6 Å². The fourth-order valence-corrected chi connectivity index (χ4v) is 2.16. The highest BCUT2D eigenvalue weighted by molar-refractivity contribution is 5.90. The Hall–Kier alpha value is -2.30. The van der Waals surface area contributed by atoms with Crippen molar-refractivity contribution in [2.45, 2.75) is 20.4 Å². The smallest absolute Gasteiger partial charge is 0.339 e. The molecule has 0 fully saturated rings. The van der Waals surface area contributed by atoms with Crippen LogP contribution in [-0.2, 0) is 6.54 Å². The van der Waals surface area contributed by atoms with Gasteiger partial charge in [0, 0.05) is 5.56 Å². The monoisotopic (exact) mass is 260 g/mol. The van der Waals surface area contributed by atoms with Crippen LogP contribution in [0.5, 0.6) is 5.75 Å². The Morgan fingerprint density at radius 2 is 2.05 bits per heavy atom. The molecule has 1 aromatic carbocycles. The molecule has 0 aliphatic carbocycles. The molecule has 5 heteroatoms. The Morgan fingerprint density at radius 1 is 1.37 bits per heavy atom. The Balaban J connectivity index is 2.39. The van der Waals surface area contributed by atoms with Gasteiger partial charge in [-0.15, -0.1) is 0 Å². The molecule has 0 amide bonds. The lowest BCUT2D eigenvalue weighted by atomic mass is 10.2. The minimum atomic E-state index is -0.943. The summed E-state index contributed by atoms with van der Waals surface area (Å²) < 4.78 is 6.98. The number of carbonyl (C=O) groups is 1. The molecular weight excluding hydrogens is 244 g/mol. The van der Waals surface area contributed by atoms with Crippen molar-refractivity contribution in [1.29, 1.82) is 0 Å². The SMILES string of the molecule is COc1ccccc1Cn1nc(C)c(C(=O)O)c1C. The van der Waals surface area contributed by atoms with Crippen LogP contribution in [0.2, 0.25) is 0 Å². The van der Waals surface area contributed by atoms with Crippen molar-refractivity contribution in [3.05, 3.63) is 46.8 Å². The molecule has 100 valence electrons. The van der Waals surface area contributed by atoms with Crippen molar-refractivity contribution in [2.75, 3.05) is 7.11 Å². The van der Waals surface area contributed by atoms with Gasteiger partial charge < -0.3 is 9.84 Å². The molecule has 0 saturated heterocycles. The fourth-order valence-electron chi connectivity index (χ4n) is 2.16. The van der Waals surface area contributed by atoms with Crippen molar-refractivity contribution in [3.8, 4) is 5.75 Å². The highest BCUT2D eigenvalue weighted by Crippen LogP contribution is 2.20. The number of aryl methyl sites for hydroxylation is 1. The highest BCUT2D eigenvalue weighted by Gasteiger charge is 2.18. The maximum Gasteiger partial charge on any atom is 0.339 e. The van der Waals surface area contributed by atoms with E-state index >= 15 is 0 Å². The first-order valence-corrected chi connectivity index (χ1v) is 5.93. The molecule has 2 aromatic rings. The average Bonchev–Trinajstić information content (AvgIpc) is 2.65. The van der Waals surface area contributed by atoms with Crippen molar-refractivity contribution in [1.82, 2.24) is 9.78 Å².